The molecule has 1 atom stereocenters. The van der Waals surface area contributed by atoms with E-state index in [2.05, 4.69) is 15.3 Å². The summed E-state index contributed by atoms with van der Waals surface area (Å²) in [6, 6.07) is 5.54. The third-order valence-corrected chi connectivity index (χ3v) is 4.20. The van der Waals surface area contributed by atoms with Crippen molar-refractivity contribution >= 4 is 22.4 Å². The Kier molecular flexibility index (Phi) is 4.24. The number of hydrogen-bond acceptors (Lipinski definition) is 5. The molecule has 1 N–H and O–H groups in total. The summed E-state index contributed by atoms with van der Waals surface area (Å²) in [5, 5.41) is 5.68. The third kappa shape index (κ3) is 3.54. The summed E-state index contributed by atoms with van der Waals surface area (Å²) in [5.41, 5.74) is 0.882. The number of urea groups is 1. The Morgan fingerprint density at radius 3 is 3.05 bits per heavy atom. The molecule has 1 aliphatic rings. The molecule has 0 spiro atoms. The number of carbonyl (C=O) groups excluding carboxylic acids is 1. The molecule has 1 aliphatic heterocycles. The van der Waals surface area contributed by atoms with Crippen LogP contribution in [0.4, 0.5) is 9.80 Å². The molecule has 0 aromatic carbocycles. The number of carbonyl (C=O) groups is 1. The standard InChI is InChI=1S/C15H18N4O2S/c1-10-8-13(17-11(2)16-10)21-12-5-6-19(9-12)15(20)18-14-4-3-7-22-14/h3-4,7-8,12H,5-6,9H2,1-2H3,(H,18,20)/t12-/m0/s1. The maximum Gasteiger partial charge on any atom is 0.322 e. The largest absolute Gasteiger partial charge is 0.472 e. The van der Waals surface area contributed by atoms with E-state index in [4.69, 9.17) is 4.74 Å². The minimum atomic E-state index is -0.0800. The molecule has 22 heavy (non-hydrogen) atoms. The number of rotatable bonds is 3. The number of amides is 2. The molecule has 0 aliphatic carbocycles. The Bertz CT molecular complexity index is 639. The van der Waals surface area contributed by atoms with Crippen molar-refractivity contribution in [2.24, 2.45) is 0 Å². The lowest BCUT2D eigenvalue weighted by atomic mass is 10.3. The molecular formula is C15H18N4O2S. The summed E-state index contributed by atoms with van der Waals surface area (Å²) in [4.78, 5) is 22.4. The lowest BCUT2D eigenvalue weighted by molar-refractivity contribution is 0.189. The highest BCUT2D eigenvalue weighted by molar-refractivity contribution is 7.14. The molecule has 2 amide bonds. The maximum absolute atomic E-state index is 12.2. The fourth-order valence-electron chi connectivity index (χ4n) is 2.46. The van der Waals surface area contributed by atoms with E-state index < -0.39 is 0 Å². The van der Waals surface area contributed by atoms with Crippen molar-refractivity contribution in [3.8, 4) is 5.88 Å². The van der Waals surface area contributed by atoms with Crippen molar-refractivity contribution in [3.63, 3.8) is 0 Å². The number of ether oxygens (including phenoxy) is 1. The summed E-state index contributed by atoms with van der Waals surface area (Å²) < 4.78 is 5.88. The smallest absolute Gasteiger partial charge is 0.322 e. The van der Waals surface area contributed by atoms with Crippen molar-refractivity contribution < 1.29 is 9.53 Å². The van der Waals surface area contributed by atoms with Gasteiger partial charge in [0.25, 0.3) is 0 Å². The summed E-state index contributed by atoms with van der Waals surface area (Å²) >= 11 is 1.51. The van der Waals surface area contributed by atoms with Crippen LogP contribution in [0.3, 0.4) is 0 Å². The van der Waals surface area contributed by atoms with Crippen LogP contribution >= 0.6 is 11.3 Å². The first-order valence-electron chi connectivity index (χ1n) is 7.18. The van der Waals surface area contributed by atoms with Crippen LogP contribution in [0, 0.1) is 13.8 Å². The summed E-state index contributed by atoms with van der Waals surface area (Å²) in [7, 11) is 0. The molecule has 6 nitrogen and oxygen atoms in total. The van der Waals surface area contributed by atoms with Crippen molar-refractivity contribution in [2.75, 3.05) is 18.4 Å². The van der Waals surface area contributed by atoms with E-state index in [9.17, 15) is 4.79 Å². The normalized spacial score (nSPS) is 17.5. The molecule has 0 unspecified atom stereocenters. The predicted molar refractivity (Wildman–Crippen MR) is 85.4 cm³/mol. The molecular weight excluding hydrogens is 300 g/mol. The zero-order chi connectivity index (χ0) is 15.5. The number of anilines is 1. The Morgan fingerprint density at radius 2 is 2.32 bits per heavy atom. The minimum Gasteiger partial charge on any atom is -0.472 e. The molecule has 2 aromatic rings. The lowest BCUT2D eigenvalue weighted by Crippen LogP contribution is -2.34. The van der Waals surface area contributed by atoms with E-state index in [1.807, 2.05) is 37.4 Å². The van der Waals surface area contributed by atoms with Gasteiger partial charge in [0.2, 0.25) is 5.88 Å². The Morgan fingerprint density at radius 1 is 1.45 bits per heavy atom. The monoisotopic (exact) mass is 318 g/mol. The first kappa shape index (κ1) is 14.8. The topological polar surface area (TPSA) is 67.3 Å². The summed E-state index contributed by atoms with van der Waals surface area (Å²) in [5.74, 6) is 1.27. The van der Waals surface area contributed by atoms with Crippen LogP contribution < -0.4 is 10.1 Å². The van der Waals surface area contributed by atoms with Gasteiger partial charge in [-0.05, 0) is 31.4 Å². The summed E-state index contributed by atoms with van der Waals surface area (Å²) in [6.45, 7) is 5.01. The molecule has 1 fully saturated rings. The zero-order valence-electron chi connectivity index (χ0n) is 12.6. The number of aromatic nitrogens is 2. The average Bonchev–Trinajstić information content (AvgIpc) is 3.09. The predicted octanol–water partition coefficient (Wildman–Crippen LogP) is 2.84. The van der Waals surface area contributed by atoms with Crippen LogP contribution in [-0.4, -0.2) is 40.1 Å². The molecule has 1 saturated heterocycles. The van der Waals surface area contributed by atoms with Gasteiger partial charge in [0.1, 0.15) is 11.9 Å². The van der Waals surface area contributed by atoms with Crippen LogP contribution in [0.15, 0.2) is 23.6 Å². The lowest BCUT2D eigenvalue weighted by Gasteiger charge is -2.17. The number of thiophene rings is 1. The van der Waals surface area contributed by atoms with Crippen molar-refractivity contribution in [3.05, 3.63) is 35.1 Å². The number of likely N-dealkylation sites (tertiary alicyclic amines) is 1. The molecule has 0 saturated carbocycles. The fourth-order valence-corrected chi connectivity index (χ4v) is 3.06. The van der Waals surface area contributed by atoms with Gasteiger partial charge in [-0.1, -0.05) is 0 Å². The molecule has 116 valence electrons. The maximum atomic E-state index is 12.2. The minimum absolute atomic E-state index is 0.0252. The quantitative estimate of drug-likeness (QED) is 0.945. The van der Waals surface area contributed by atoms with Gasteiger partial charge in [-0.2, -0.15) is 4.98 Å². The zero-order valence-corrected chi connectivity index (χ0v) is 13.4. The van der Waals surface area contributed by atoms with Gasteiger partial charge in [-0.15, -0.1) is 11.3 Å². The number of aryl methyl sites for hydroxylation is 2. The Balaban J connectivity index is 1.56. The van der Waals surface area contributed by atoms with Crippen LogP contribution in [0.2, 0.25) is 0 Å². The van der Waals surface area contributed by atoms with E-state index in [1.165, 1.54) is 11.3 Å². The summed E-state index contributed by atoms with van der Waals surface area (Å²) in [6.07, 6.45) is 0.780. The van der Waals surface area contributed by atoms with Crippen LogP contribution in [0.25, 0.3) is 0 Å². The van der Waals surface area contributed by atoms with Gasteiger partial charge >= 0.3 is 6.03 Å². The highest BCUT2D eigenvalue weighted by atomic mass is 32.1. The third-order valence-electron chi connectivity index (χ3n) is 3.41. The fraction of sp³-hybridized carbons (Fsp3) is 0.400. The van der Waals surface area contributed by atoms with E-state index in [0.29, 0.717) is 24.8 Å². The molecule has 3 rings (SSSR count). The molecule has 0 bridgehead atoms. The van der Waals surface area contributed by atoms with Crippen LogP contribution in [0.1, 0.15) is 17.9 Å². The van der Waals surface area contributed by atoms with Crippen molar-refractivity contribution in [1.82, 2.24) is 14.9 Å². The van der Waals surface area contributed by atoms with Crippen molar-refractivity contribution in [2.45, 2.75) is 26.4 Å². The number of hydrogen-bond donors (Lipinski definition) is 1. The van der Waals surface area contributed by atoms with E-state index in [-0.39, 0.29) is 12.1 Å². The van der Waals surface area contributed by atoms with Crippen LogP contribution in [-0.2, 0) is 0 Å². The molecule has 3 heterocycles. The van der Waals surface area contributed by atoms with Crippen molar-refractivity contribution in [1.29, 1.82) is 0 Å². The first-order valence-corrected chi connectivity index (χ1v) is 8.06. The number of nitrogens with zero attached hydrogens (tertiary/aromatic N) is 3. The second-order valence-electron chi connectivity index (χ2n) is 5.28. The molecule has 2 aromatic heterocycles. The van der Waals surface area contributed by atoms with E-state index >= 15 is 0 Å². The average molecular weight is 318 g/mol. The Hall–Kier alpha value is -2.15. The van der Waals surface area contributed by atoms with E-state index in [0.717, 1.165) is 17.1 Å². The van der Waals surface area contributed by atoms with Gasteiger partial charge in [0.15, 0.2) is 0 Å². The molecule has 0 radical (unpaired) electrons. The van der Waals surface area contributed by atoms with Gasteiger partial charge in [0.05, 0.1) is 11.5 Å². The second kappa shape index (κ2) is 6.31. The Labute approximate surface area is 133 Å². The highest BCUT2D eigenvalue weighted by Crippen LogP contribution is 2.20. The highest BCUT2D eigenvalue weighted by Gasteiger charge is 2.28. The molecule has 7 heteroatoms. The van der Waals surface area contributed by atoms with Crippen LogP contribution in [0.5, 0.6) is 5.88 Å². The van der Waals surface area contributed by atoms with Gasteiger partial charge in [-0.25, -0.2) is 9.78 Å². The first-order chi connectivity index (χ1) is 10.6. The van der Waals surface area contributed by atoms with Gasteiger partial charge < -0.3 is 9.64 Å². The van der Waals surface area contributed by atoms with Gasteiger partial charge in [-0.3, -0.25) is 5.32 Å². The SMILES string of the molecule is Cc1cc(O[C@H]2CCN(C(=O)Nc3cccs3)C2)nc(C)n1. The van der Waals surface area contributed by atoms with Gasteiger partial charge in [0, 0.05) is 24.7 Å². The second-order valence-corrected chi connectivity index (χ2v) is 6.22. The number of nitrogens with one attached hydrogen (secondary N) is 1. The van der Waals surface area contributed by atoms with E-state index in [1.54, 1.807) is 4.90 Å².